The van der Waals surface area contributed by atoms with E-state index < -0.39 is 0 Å². The molecule has 0 spiro atoms. The van der Waals surface area contributed by atoms with Gasteiger partial charge in [0.2, 0.25) is 0 Å². The Morgan fingerprint density at radius 1 is 1.40 bits per heavy atom. The van der Waals surface area contributed by atoms with Gasteiger partial charge >= 0.3 is 0 Å². The highest BCUT2D eigenvalue weighted by atomic mass is 14.8. The van der Waals surface area contributed by atoms with Crippen LogP contribution in [0, 0.1) is 5.92 Å². The van der Waals surface area contributed by atoms with Gasteiger partial charge in [-0.05, 0) is 32.7 Å². The van der Waals surface area contributed by atoms with Crippen LogP contribution in [-0.2, 0) is 0 Å². The zero-order valence-electron chi connectivity index (χ0n) is 7.35. The third-order valence-corrected chi connectivity index (χ3v) is 1.95. The topological polar surface area (TPSA) is 12.0 Å². The van der Waals surface area contributed by atoms with Gasteiger partial charge in [0, 0.05) is 6.04 Å². The fourth-order valence-corrected chi connectivity index (χ4v) is 0.775. The van der Waals surface area contributed by atoms with Crippen molar-refractivity contribution in [3.63, 3.8) is 0 Å². The maximum Gasteiger partial charge on any atom is 0.00359 e. The molecule has 0 radical (unpaired) electrons. The Kier molecular flexibility index (Phi) is 5.32. The molecule has 0 saturated carbocycles. The van der Waals surface area contributed by atoms with Gasteiger partial charge in [0.1, 0.15) is 0 Å². The van der Waals surface area contributed by atoms with E-state index in [1.807, 2.05) is 13.1 Å². The van der Waals surface area contributed by atoms with Gasteiger partial charge in [-0.3, -0.25) is 0 Å². The number of nitrogens with one attached hydrogen (secondary N) is 1. The molecule has 0 saturated heterocycles. The summed E-state index contributed by atoms with van der Waals surface area (Å²) >= 11 is 0. The molecule has 60 valence electrons. The van der Waals surface area contributed by atoms with Crippen molar-refractivity contribution in [2.45, 2.75) is 32.7 Å². The van der Waals surface area contributed by atoms with Crippen LogP contribution < -0.4 is 5.32 Å². The Labute approximate surface area is 64.5 Å². The van der Waals surface area contributed by atoms with Crippen molar-refractivity contribution < 1.29 is 0 Å². The van der Waals surface area contributed by atoms with E-state index in [4.69, 9.17) is 0 Å². The van der Waals surface area contributed by atoms with Gasteiger partial charge in [0.05, 0.1) is 0 Å². The van der Waals surface area contributed by atoms with E-state index in [1.54, 1.807) is 0 Å². The van der Waals surface area contributed by atoms with Gasteiger partial charge in [0.15, 0.2) is 0 Å². The lowest BCUT2D eigenvalue weighted by Crippen LogP contribution is -2.21. The van der Waals surface area contributed by atoms with E-state index in [2.05, 4.69) is 25.7 Å². The van der Waals surface area contributed by atoms with Crippen LogP contribution in [0.15, 0.2) is 12.7 Å². The third-order valence-electron chi connectivity index (χ3n) is 1.95. The van der Waals surface area contributed by atoms with E-state index in [-0.39, 0.29) is 0 Å². The molecule has 0 aliphatic carbocycles. The molecule has 1 nitrogen and oxygen atoms in total. The molecule has 0 bridgehead atoms. The van der Waals surface area contributed by atoms with Gasteiger partial charge in [-0.15, -0.1) is 6.58 Å². The normalized spacial score (nSPS) is 16.3. The van der Waals surface area contributed by atoms with Crippen LogP contribution in [0.1, 0.15) is 26.7 Å². The van der Waals surface area contributed by atoms with Crippen LogP contribution in [0.4, 0.5) is 0 Å². The minimum atomic E-state index is 0.641. The van der Waals surface area contributed by atoms with Gasteiger partial charge in [0.25, 0.3) is 0 Å². The molecule has 0 rings (SSSR count). The molecule has 10 heavy (non-hydrogen) atoms. The van der Waals surface area contributed by atoms with Crippen LogP contribution >= 0.6 is 0 Å². The standard InChI is InChI=1S/C9H19N/c1-5-8(2)6-7-9(3)10-4/h5,8-10H,1,6-7H2,2-4H3. The molecule has 0 aliphatic heterocycles. The monoisotopic (exact) mass is 141 g/mol. The molecule has 0 heterocycles. The molecule has 1 heteroatoms. The number of allylic oxidation sites excluding steroid dienone is 1. The van der Waals surface area contributed by atoms with Crippen molar-refractivity contribution in [3.8, 4) is 0 Å². The first-order chi connectivity index (χ1) is 4.70. The predicted molar refractivity (Wildman–Crippen MR) is 47.1 cm³/mol. The first-order valence-electron chi connectivity index (χ1n) is 4.00. The number of rotatable bonds is 5. The number of hydrogen-bond acceptors (Lipinski definition) is 1. The first kappa shape index (κ1) is 9.70. The van der Waals surface area contributed by atoms with Crippen LogP contribution in [0.5, 0.6) is 0 Å². The summed E-state index contributed by atoms with van der Waals surface area (Å²) in [7, 11) is 2.00. The molecule has 2 unspecified atom stereocenters. The average Bonchev–Trinajstić information content (AvgIpc) is 1.99. The molecule has 0 aromatic carbocycles. The fraction of sp³-hybridized carbons (Fsp3) is 0.778. The Bertz CT molecular complexity index is 88.7. The highest BCUT2D eigenvalue weighted by molar-refractivity contribution is 4.75. The summed E-state index contributed by atoms with van der Waals surface area (Å²) in [6.07, 6.45) is 4.50. The predicted octanol–water partition coefficient (Wildman–Crippen LogP) is 2.20. The lowest BCUT2D eigenvalue weighted by Gasteiger charge is -2.11. The average molecular weight is 141 g/mol. The molecule has 0 fully saturated rings. The quantitative estimate of drug-likeness (QED) is 0.579. The van der Waals surface area contributed by atoms with Gasteiger partial charge in [-0.1, -0.05) is 13.0 Å². The molecular weight excluding hydrogens is 122 g/mol. The van der Waals surface area contributed by atoms with Crippen molar-refractivity contribution in [3.05, 3.63) is 12.7 Å². The zero-order chi connectivity index (χ0) is 7.98. The van der Waals surface area contributed by atoms with Gasteiger partial charge in [-0.25, -0.2) is 0 Å². The van der Waals surface area contributed by atoms with Crippen LogP contribution in [0.2, 0.25) is 0 Å². The van der Waals surface area contributed by atoms with Crippen LogP contribution in [-0.4, -0.2) is 13.1 Å². The van der Waals surface area contributed by atoms with Crippen LogP contribution in [0.25, 0.3) is 0 Å². The summed E-state index contributed by atoms with van der Waals surface area (Å²) < 4.78 is 0. The minimum absolute atomic E-state index is 0.641. The van der Waals surface area contributed by atoms with E-state index in [9.17, 15) is 0 Å². The molecular formula is C9H19N. The second-order valence-corrected chi connectivity index (χ2v) is 2.98. The van der Waals surface area contributed by atoms with Crippen molar-refractivity contribution in [2.24, 2.45) is 5.92 Å². The third kappa shape index (κ3) is 4.57. The summed E-state index contributed by atoms with van der Waals surface area (Å²) in [5, 5.41) is 3.21. The smallest absolute Gasteiger partial charge is 0.00359 e. The van der Waals surface area contributed by atoms with Crippen molar-refractivity contribution in [2.75, 3.05) is 7.05 Å². The van der Waals surface area contributed by atoms with E-state index in [0.29, 0.717) is 12.0 Å². The van der Waals surface area contributed by atoms with Crippen molar-refractivity contribution in [1.29, 1.82) is 0 Å². The highest BCUT2D eigenvalue weighted by Gasteiger charge is 2.00. The lowest BCUT2D eigenvalue weighted by atomic mass is 10.0. The molecule has 0 amide bonds. The first-order valence-corrected chi connectivity index (χ1v) is 4.00. The highest BCUT2D eigenvalue weighted by Crippen LogP contribution is 2.07. The Morgan fingerprint density at radius 3 is 2.40 bits per heavy atom. The molecule has 1 N–H and O–H groups in total. The molecule has 0 aromatic rings. The second kappa shape index (κ2) is 5.48. The summed E-state index contributed by atoms with van der Waals surface area (Å²) in [5.74, 6) is 0.663. The van der Waals surface area contributed by atoms with Gasteiger partial charge < -0.3 is 5.32 Å². The molecule has 0 aromatic heterocycles. The Balaban J connectivity index is 3.25. The van der Waals surface area contributed by atoms with E-state index >= 15 is 0 Å². The largest absolute Gasteiger partial charge is 0.317 e. The second-order valence-electron chi connectivity index (χ2n) is 2.98. The summed E-state index contributed by atoms with van der Waals surface area (Å²) in [4.78, 5) is 0. The Morgan fingerprint density at radius 2 is 2.00 bits per heavy atom. The SMILES string of the molecule is C=CC(C)CCC(C)NC. The molecule has 0 aliphatic rings. The van der Waals surface area contributed by atoms with Gasteiger partial charge in [-0.2, -0.15) is 0 Å². The maximum atomic E-state index is 3.74. The Hall–Kier alpha value is -0.300. The molecule has 2 atom stereocenters. The van der Waals surface area contributed by atoms with Crippen molar-refractivity contribution in [1.82, 2.24) is 5.32 Å². The maximum absolute atomic E-state index is 3.74. The van der Waals surface area contributed by atoms with Crippen LogP contribution in [0.3, 0.4) is 0 Å². The summed E-state index contributed by atoms with van der Waals surface area (Å²) in [5.41, 5.74) is 0. The zero-order valence-corrected chi connectivity index (χ0v) is 7.35. The van der Waals surface area contributed by atoms with Crippen molar-refractivity contribution >= 4 is 0 Å². The van der Waals surface area contributed by atoms with E-state index in [0.717, 1.165) is 0 Å². The van der Waals surface area contributed by atoms with E-state index in [1.165, 1.54) is 12.8 Å². The fourth-order valence-electron chi connectivity index (χ4n) is 0.775. The minimum Gasteiger partial charge on any atom is -0.317 e. The summed E-state index contributed by atoms with van der Waals surface area (Å²) in [6.45, 7) is 8.15. The number of hydrogen-bond donors (Lipinski definition) is 1. The summed E-state index contributed by atoms with van der Waals surface area (Å²) in [6, 6.07) is 0.641. The lowest BCUT2D eigenvalue weighted by molar-refractivity contribution is 0.499.